The number of nitrogens with zero attached hydrogens (tertiary/aromatic N) is 2. The van der Waals surface area contributed by atoms with Gasteiger partial charge >= 0.3 is 5.76 Å². The maximum absolute atomic E-state index is 12.9. The first-order valence-corrected chi connectivity index (χ1v) is 10.6. The Morgan fingerprint density at radius 2 is 1.94 bits per heavy atom. The number of rotatable bonds is 6. The average Bonchev–Trinajstić information content (AvgIpc) is 3.48. The molecule has 0 aliphatic heterocycles. The highest BCUT2D eigenvalue weighted by Crippen LogP contribution is 2.25. The zero-order valence-electron chi connectivity index (χ0n) is 15.7. The van der Waals surface area contributed by atoms with E-state index in [-0.39, 0.29) is 22.4 Å². The molecule has 0 aliphatic rings. The van der Waals surface area contributed by atoms with E-state index in [1.807, 2.05) is 0 Å². The highest BCUT2D eigenvalue weighted by molar-refractivity contribution is 7.92. The second-order valence-corrected chi connectivity index (χ2v) is 8.28. The molecule has 0 unspecified atom stereocenters. The van der Waals surface area contributed by atoms with Crippen LogP contribution in [0.4, 0.5) is 5.69 Å². The first-order chi connectivity index (χ1) is 15.0. The number of sulfonamides is 1. The Bertz CT molecular complexity index is 1530. The summed E-state index contributed by atoms with van der Waals surface area (Å²) in [5.41, 5.74) is 1.56. The van der Waals surface area contributed by atoms with Crippen LogP contribution in [-0.2, 0) is 16.4 Å². The Kier molecular flexibility index (Phi) is 4.44. The second-order valence-electron chi connectivity index (χ2n) is 6.60. The summed E-state index contributed by atoms with van der Waals surface area (Å²) >= 11 is 0. The maximum atomic E-state index is 12.9. The summed E-state index contributed by atoms with van der Waals surface area (Å²) in [7, 11) is -3.94. The van der Waals surface area contributed by atoms with Crippen molar-refractivity contribution in [3.63, 3.8) is 0 Å². The third kappa shape index (κ3) is 3.73. The van der Waals surface area contributed by atoms with Crippen molar-refractivity contribution in [2.45, 2.75) is 11.3 Å². The van der Waals surface area contributed by atoms with Crippen molar-refractivity contribution in [2.75, 3.05) is 4.72 Å². The minimum absolute atomic E-state index is 0.0234. The molecule has 11 heteroatoms. The third-order valence-corrected chi connectivity index (χ3v) is 5.88. The molecular formula is C20H14N4O6S. The highest BCUT2D eigenvalue weighted by atomic mass is 32.2. The second kappa shape index (κ2) is 7.29. The van der Waals surface area contributed by atoms with E-state index in [1.165, 1.54) is 24.5 Å². The summed E-state index contributed by atoms with van der Waals surface area (Å²) in [5.74, 6) is 0.420. The SMILES string of the molecule is O=c1[nH]c2cc(S(=O)(=O)Nc3ccccc3Cc3nc(-c4ccco4)no3)ccc2o1. The Balaban J connectivity index is 1.42. The number of aromatic nitrogens is 3. The maximum Gasteiger partial charge on any atom is 0.417 e. The molecule has 0 saturated carbocycles. The third-order valence-electron chi connectivity index (χ3n) is 4.51. The van der Waals surface area contributed by atoms with Crippen LogP contribution in [0.15, 0.2) is 83.9 Å². The van der Waals surface area contributed by atoms with Gasteiger partial charge in [-0.15, -0.1) is 0 Å². The fourth-order valence-electron chi connectivity index (χ4n) is 3.07. The summed E-state index contributed by atoms with van der Waals surface area (Å²) in [6, 6.07) is 14.4. The number of nitrogens with one attached hydrogen (secondary N) is 2. The molecule has 5 aromatic rings. The van der Waals surface area contributed by atoms with Gasteiger partial charge in [-0.3, -0.25) is 9.71 Å². The van der Waals surface area contributed by atoms with Gasteiger partial charge in [0, 0.05) is 0 Å². The van der Waals surface area contributed by atoms with Gasteiger partial charge in [0.1, 0.15) is 0 Å². The Labute approximate surface area is 174 Å². The van der Waals surface area contributed by atoms with Gasteiger partial charge in [-0.05, 0) is 42.0 Å². The van der Waals surface area contributed by atoms with Crippen LogP contribution in [0.25, 0.3) is 22.7 Å². The molecule has 2 N–H and O–H groups in total. The molecule has 0 atom stereocenters. The van der Waals surface area contributed by atoms with Gasteiger partial charge in [0.25, 0.3) is 10.0 Å². The average molecular weight is 438 g/mol. The molecule has 0 spiro atoms. The zero-order chi connectivity index (χ0) is 21.4. The largest absolute Gasteiger partial charge is 0.461 e. The Morgan fingerprint density at radius 3 is 2.77 bits per heavy atom. The van der Waals surface area contributed by atoms with E-state index in [2.05, 4.69) is 19.8 Å². The summed E-state index contributed by atoms with van der Waals surface area (Å²) in [4.78, 5) is 18.0. The van der Waals surface area contributed by atoms with Gasteiger partial charge < -0.3 is 13.4 Å². The number of hydrogen-bond donors (Lipinski definition) is 2. The van der Waals surface area contributed by atoms with Crippen molar-refractivity contribution >= 4 is 26.8 Å². The number of hydrogen-bond acceptors (Lipinski definition) is 8. The number of furan rings is 1. The van der Waals surface area contributed by atoms with Crippen LogP contribution < -0.4 is 10.5 Å². The van der Waals surface area contributed by atoms with Crippen molar-refractivity contribution in [1.82, 2.24) is 15.1 Å². The van der Waals surface area contributed by atoms with Crippen molar-refractivity contribution < 1.29 is 21.8 Å². The molecular weight excluding hydrogens is 424 g/mol. The number of H-pyrrole nitrogens is 1. The predicted octanol–water partition coefficient (Wildman–Crippen LogP) is 3.16. The zero-order valence-corrected chi connectivity index (χ0v) is 16.5. The van der Waals surface area contributed by atoms with E-state index in [4.69, 9.17) is 13.4 Å². The molecule has 156 valence electrons. The molecule has 5 rings (SSSR count). The first kappa shape index (κ1) is 18.9. The van der Waals surface area contributed by atoms with Crippen molar-refractivity contribution in [3.8, 4) is 11.6 Å². The summed E-state index contributed by atoms with van der Waals surface area (Å²) < 4.78 is 43.8. The lowest BCUT2D eigenvalue weighted by molar-refractivity contribution is 0.384. The molecule has 31 heavy (non-hydrogen) atoms. The van der Waals surface area contributed by atoms with Crippen LogP contribution in [0.3, 0.4) is 0 Å². The quantitative estimate of drug-likeness (QED) is 0.411. The van der Waals surface area contributed by atoms with Gasteiger partial charge in [-0.1, -0.05) is 23.4 Å². The van der Waals surface area contributed by atoms with E-state index in [1.54, 1.807) is 36.4 Å². The lowest BCUT2D eigenvalue weighted by Gasteiger charge is -2.11. The highest BCUT2D eigenvalue weighted by Gasteiger charge is 2.19. The van der Waals surface area contributed by atoms with Gasteiger partial charge in [0.15, 0.2) is 11.3 Å². The van der Waals surface area contributed by atoms with Crippen LogP contribution >= 0.6 is 0 Å². The van der Waals surface area contributed by atoms with Gasteiger partial charge in [0.2, 0.25) is 11.7 Å². The van der Waals surface area contributed by atoms with Crippen LogP contribution in [0.1, 0.15) is 11.5 Å². The van der Waals surface area contributed by atoms with Crippen LogP contribution in [0.2, 0.25) is 0 Å². The molecule has 10 nitrogen and oxygen atoms in total. The van der Waals surface area contributed by atoms with Crippen LogP contribution in [-0.4, -0.2) is 23.5 Å². The Hall–Kier alpha value is -4.12. The molecule has 2 aromatic carbocycles. The molecule has 0 fully saturated rings. The smallest absolute Gasteiger partial charge is 0.417 e. The summed E-state index contributed by atoms with van der Waals surface area (Å²) in [6.07, 6.45) is 1.71. The van der Waals surface area contributed by atoms with E-state index < -0.39 is 15.8 Å². The number of aromatic amines is 1. The normalized spacial score (nSPS) is 11.7. The van der Waals surface area contributed by atoms with Crippen molar-refractivity contribution in [1.29, 1.82) is 0 Å². The number of anilines is 1. The monoisotopic (exact) mass is 438 g/mol. The fraction of sp³-hybridized carbons (Fsp3) is 0.0500. The summed E-state index contributed by atoms with van der Waals surface area (Å²) in [5, 5.41) is 3.88. The molecule has 0 radical (unpaired) electrons. The van der Waals surface area contributed by atoms with Crippen molar-refractivity contribution in [2.24, 2.45) is 0 Å². The number of oxazole rings is 1. The molecule has 0 bridgehead atoms. The number of benzene rings is 2. The Morgan fingerprint density at radius 1 is 1.06 bits per heavy atom. The van der Waals surface area contributed by atoms with E-state index >= 15 is 0 Å². The summed E-state index contributed by atoms with van der Waals surface area (Å²) in [6.45, 7) is 0. The molecule has 3 heterocycles. The van der Waals surface area contributed by atoms with E-state index in [9.17, 15) is 13.2 Å². The minimum atomic E-state index is -3.94. The van der Waals surface area contributed by atoms with Crippen LogP contribution in [0, 0.1) is 0 Å². The van der Waals surface area contributed by atoms with E-state index in [0.29, 0.717) is 28.7 Å². The predicted molar refractivity (Wildman–Crippen MR) is 109 cm³/mol. The number of para-hydroxylation sites is 1. The molecule has 0 amide bonds. The van der Waals surface area contributed by atoms with E-state index in [0.717, 1.165) is 0 Å². The lowest BCUT2D eigenvalue weighted by atomic mass is 10.1. The molecule has 0 saturated heterocycles. The topological polar surface area (TPSA) is 144 Å². The first-order valence-electron chi connectivity index (χ1n) is 9.08. The molecule has 3 aromatic heterocycles. The van der Waals surface area contributed by atoms with Gasteiger partial charge in [-0.25, -0.2) is 13.2 Å². The van der Waals surface area contributed by atoms with Crippen molar-refractivity contribution in [3.05, 3.63) is 82.9 Å². The standard InChI is InChI=1S/C20H14N4O6S/c25-20-21-15-11-13(7-8-16(15)29-20)31(26,27)24-14-5-2-1-4-12(14)10-18-22-19(23-30-18)17-6-3-9-28-17/h1-9,11,24H,10H2,(H,21,25). The fourth-order valence-corrected chi connectivity index (χ4v) is 4.20. The van der Waals surface area contributed by atoms with Crippen LogP contribution in [0.5, 0.6) is 0 Å². The lowest BCUT2D eigenvalue weighted by Crippen LogP contribution is -2.14. The van der Waals surface area contributed by atoms with Gasteiger partial charge in [0.05, 0.1) is 28.8 Å². The molecule has 0 aliphatic carbocycles. The minimum Gasteiger partial charge on any atom is -0.461 e. The van der Waals surface area contributed by atoms with Gasteiger partial charge in [-0.2, -0.15) is 4.98 Å². The number of fused-ring (bicyclic) bond motifs is 1.